The Morgan fingerprint density at radius 3 is 1.30 bits per heavy atom. The Bertz CT molecular complexity index is 360. The summed E-state index contributed by atoms with van der Waals surface area (Å²) in [5.74, 6) is -7.98. The molecule has 0 N–H and O–H groups in total. The largest absolute Gasteiger partial charge is 0.431 e. The van der Waals surface area contributed by atoms with Gasteiger partial charge < -0.3 is 0 Å². The highest BCUT2D eigenvalue weighted by atomic mass is 19.4. The molecule has 1 unspecified atom stereocenters. The molecule has 0 aromatic heterocycles. The van der Waals surface area contributed by atoms with Crippen LogP contribution in [0.4, 0.5) is 52.7 Å². The van der Waals surface area contributed by atoms with Crippen LogP contribution in [-0.2, 0) is 0 Å². The summed E-state index contributed by atoms with van der Waals surface area (Å²) in [5.41, 5.74) is -6.23. The quantitative estimate of drug-likeness (QED) is 0.486. The average Bonchev–Trinajstić information content (AvgIpc) is 2.22. The number of alkyl halides is 12. The molecular weight excluding hydrogens is 360 g/mol. The van der Waals surface area contributed by atoms with Crippen molar-refractivity contribution in [1.29, 1.82) is 0 Å². The first kappa shape index (κ1) is 22.2. The van der Waals surface area contributed by atoms with Crippen LogP contribution in [0.3, 0.4) is 0 Å². The van der Waals surface area contributed by atoms with E-state index in [-0.39, 0.29) is 6.42 Å². The first-order valence-electron chi connectivity index (χ1n) is 6.14. The Morgan fingerprint density at radius 2 is 1.04 bits per heavy atom. The maximum atomic E-state index is 13.4. The van der Waals surface area contributed by atoms with Crippen molar-refractivity contribution < 1.29 is 52.7 Å². The lowest BCUT2D eigenvalue weighted by Gasteiger charge is -2.34. The van der Waals surface area contributed by atoms with Crippen molar-refractivity contribution in [2.45, 2.75) is 62.7 Å². The van der Waals surface area contributed by atoms with Crippen LogP contribution in [0.5, 0.6) is 0 Å². The molecule has 0 radical (unpaired) electrons. The van der Waals surface area contributed by atoms with Crippen molar-refractivity contribution in [1.82, 2.24) is 0 Å². The average molecular weight is 372 g/mol. The highest BCUT2D eigenvalue weighted by Gasteiger charge is 2.74. The monoisotopic (exact) mass is 372 g/mol. The van der Waals surface area contributed by atoms with E-state index < -0.39 is 55.3 Å². The Balaban J connectivity index is 5.69. The number of hydrogen-bond acceptors (Lipinski definition) is 0. The third kappa shape index (κ3) is 5.63. The van der Waals surface area contributed by atoms with E-state index in [4.69, 9.17) is 0 Å². The lowest BCUT2D eigenvalue weighted by Crippen LogP contribution is -2.55. The van der Waals surface area contributed by atoms with Gasteiger partial charge >= 0.3 is 18.5 Å². The molecule has 0 rings (SSSR count). The predicted octanol–water partition coefficient (Wildman–Crippen LogP) is 6.21. The van der Waals surface area contributed by atoms with Gasteiger partial charge in [-0.25, -0.2) is 13.2 Å². The molecule has 140 valence electrons. The van der Waals surface area contributed by atoms with Gasteiger partial charge in [0.25, 0.3) is 5.67 Å². The zero-order chi connectivity index (χ0) is 18.9. The summed E-state index contributed by atoms with van der Waals surface area (Å²) in [7, 11) is 0. The molecule has 0 aliphatic carbocycles. The second kappa shape index (κ2) is 6.58. The van der Waals surface area contributed by atoms with Crippen molar-refractivity contribution >= 4 is 0 Å². The van der Waals surface area contributed by atoms with Gasteiger partial charge in [0, 0.05) is 19.3 Å². The Kier molecular flexibility index (Phi) is 6.34. The second-order valence-corrected chi connectivity index (χ2v) is 5.05. The van der Waals surface area contributed by atoms with Gasteiger partial charge in [0.05, 0.1) is 5.92 Å². The fourth-order valence-corrected chi connectivity index (χ4v) is 1.86. The minimum absolute atomic E-state index is 0.364. The van der Waals surface area contributed by atoms with E-state index in [0.717, 1.165) is 6.92 Å². The van der Waals surface area contributed by atoms with Crippen LogP contribution in [0.2, 0.25) is 0 Å². The van der Waals surface area contributed by atoms with Gasteiger partial charge in [-0.2, -0.15) is 39.5 Å². The molecule has 0 amide bonds. The third-order valence-corrected chi connectivity index (χ3v) is 3.05. The zero-order valence-electron chi connectivity index (χ0n) is 11.4. The highest BCUT2D eigenvalue weighted by Crippen LogP contribution is 2.53. The molecule has 0 saturated carbocycles. The molecule has 12 heteroatoms. The normalized spacial score (nSPS) is 16.6. The minimum atomic E-state index is -6.73. The van der Waals surface area contributed by atoms with Gasteiger partial charge in [-0.05, 0) is 0 Å². The summed E-state index contributed by atoms with van der Waals surface area (Å²) >= 11 is 0. The van der Waals surface area contributed by atoms with Crippen molar-refractivity contribution in [2.24, 2.45) is 5.92 Å². The fourth-order valence-electron chi connectivity index (χ4n) is 1.86. The van der Waals surface area contributed by atoms with Gasteiger partial charge in [-0.15, -0.1) is 0 Å². The molecule has 0 nitrogen and oxygen atoms in total. The summed E-state index contributed by atoms with van der Waals surface area (Å²) in [4.78, 5) is 0. The van der Waals surface area contributed by atoms with Gasteiger partial charge in [-0.1, -0.05) is 13.3 Å². The molecule has 0 bridgehead atoms. The molecule has 0 aliphatic heterocycles. The summed E-state index contributed by atoms with van der Waals surface area (Å²) < 4.78 is 151. The molecule has 1 atom stereocenters. The van der Waals surface area contributed by atoms with Gasteiger partial charge in [-0.3, -0.25) is 0 Å². The maximum Gasteiger partial charge on any atom is 0.431 e. The summed E-state index contributed by atoms with van der Waals surface area (Å²) in [6, 6.07) is 0. The van der Waals surface area contributed by atoms with Crippen molar-refractivity contribution in [3.05, 3.63) is 0 Å². The molecule has 0 aromatic rings. The first-order chi connectivity index (χ1) is 9.87. The lowest BCUT2D eigenvalue weighted by molar-refractivity contribution is -0.353. The van der Waals surface area contributed by atoms with E-state index in [1.165, 1.54) is 0 Å². The topological polar surface area (TPSA) is 0 Å². The van der Waals surface area contributed by atoms with Crippen LogP contribution < -0.4 is 0 Å². The van der Waals surface area contributed by atoms with Crippen LogP contribution in [0.15, 0.2) is 0 Å². The van der Waals surface area contributed by atoms with Crippen molar-refractivity contribution in [3.8, 4) is 0 Å². The first-order valence-corrected chi connectivity index (χ1v) is 6.14. The smallest absolute Gasteiger partial charge is 0.224 e. The van der Waals surface area contributed by atoms with E-state index >= 15 is 0 Å². The molecule has 0 aliphatic rings. The third-order valence-electron chi connectivity index (χ3n) is 3.05. The summed E-state index contributed by atoms with van der Waals surface area (Å²) in [5, 5.41) is 0. The van der Waals surface area contributed by atoms with Gasteiger partial charge in [0.1, 0.15) is 0 Å². The predicted molar refractivity (Wildman–Crippen MR) is 54.6 cm³/mol. The van der Waals surface area contributed by atoms with E-state index in [9.17, 15) is 52.7 Å². The van der Waals surface area contributed by atoms with Gasteiger partial charge in [0.15, 0.2) is 0 Å². The number of hydrogen-bond donors (Lipinski definition) is 0. The maximum absolute atomic E-state index is 13.4. The summed E-state index contributed by atoms with van der Waals surface area (Å²) in [6.45, 7) is 1.13. The molecular formula is C11H12F12. The highest BCUT2D eigenvalue weighted by molar-refractivity contribution is 4.98. The Labute approximate surface area is 122 Å². The van der Waals surface area contributed by atoms with Crippen molar-refractivity contribution in [3.63, 3.8) is 0 Å². The van der Waals surface area contributed by atoms with Crippen molar-refractivity contribution in [2.75, 3.05) is 0 Å². The van der Waals surface area contributed by atoms with Gasteiger partial charge in [0.2, 0.25) is 5.92 Å². The molecule has 0 heterocycles. The summed E-state index contributed by atoms with van der Waals surface area (Å²) in [6.07, 6.45) is -26.4. The van der Waals surface area contributed by atoms with Crippen LogP contribution in [0.25, 0.3) is 0 Å². The minimum Gasteiger partial charge on any atom is -0.224 e. The molecule has 0 spiro atoms. The second-order valence-electron chi connectivity index (χ2n) is 5.05. The van der Waals surface area contributed by atoms with E-state index in [0.29, 0.717) is 0 Å². The molecule has 23 heavy (non-hydrogen) atoms. The lowest BCUT2D eigenvalue weighted by atomic mass is 9.85. The fraction of sp³-hybridized carbons (Fsp3) is 1.00. The van der Waals surface area contributed by atoms with E-state index in [1.807, 2.05) is 0 Å². The molecule has 0 aromatic carbocycles. The van der Waals surface area contributed by atoms with Crippen LogP contribution in [0, 0.1) is 5.92 Å². The molecule has 0 saturated heterocycles. The van der Waals surface area contributed by atoms with E-state index in [1.54, 1.807) is 0 Å². The number of halogens is 12. The number of rotatable bonds is 6. The Morgan fingerprint density at radius 1 is 0.652 bits per heavy atom. The standard InChI is InChI=1S/C11H12F12/c1-2-3-7(12,13)4-6(9(15,16)17)5-8(14,10(18,19)20)11(21,22)23/h6H,2-5H2,1H3. The zero-order valence-corrected chi connectivity index (χ0v) is 11.4. The molecule has 0 fully saturated rings. The van der Waals surface area contributed by atoms with Crippen LogP contribution in [0.1, 0.15) is 32.6 Å². The Hall–Kier alpha value is -0.840. The van der Waals surface area contributed by atoms with E-state index in [2.05, 4.69) is 0 Å². The SMILES string of the molecule is CCCC(F)(F)CC(CC(F)(C(F)(F)F)C(F)(F)F)C(F)(F)F. The van der Waals surface area contributed by atoms with Crippen LogP contribution >= 0.6 is 0 Å². The van der Waals surface area contributed by atoms with Crippen LogP contribution in [-0.4, -0.2) is 30.1 Å².